The van der Waals surface area contributed by atoms with Crippen LogP contribution in [-0.2, 0) is 33.3 Å². The number of unbranched alkanes of at least 4 members (excludes halogenated alkanes) is 2. The van der Waals surface area contributed by atoms with Crippen molar-refractivity contribution in [2.24, 2.45) is 0 Å². The molecule has 16 heteroatoms. The van der Waals surface area contributed by atoms with Crippen molar-refractivity contribution in [1.29, 1.82) is 0 Å². The molecule has 5 unspecified atom stereocenters. The molecule has 0 spiro atoms. The van der Waals surface area contributed by atoms with Gasteiger partial charge in [-0.05, 0) is 38.5 Å². The number of carbonyl (C=O) groups excluding carboxylic acids is 3. The van der Waals surface area contributed by atoms with E-state index in [4.69, 9.17) is 24.1 Å². The van der Waals surface area contributed by atoms with Gasteiger partial charge in [-0.1, -0.05) is 0 Å². The third kappa shape index (κ3) is 8.59. The Bertz CT molecular complexity index is 929. The highest BCUT2D eigenvalue weighted by Crippen LogP contribution is 2.52. The van der Waals surface area contributed by atoms with Crippen molar-refractivity contribution >= 4 is 17.7 Å². The first-order chi connectivity index (χ1) is 20.5. The topological polar surface area (TPSA) is 246 Å². The molecule has 3 fully saturated rings. The fourth-order valence-electron chi connectivity index (χ4n) is 5.66. The second-order valence-corrected chi connectivity index (χ2v) is 11.3. The molecule has 0 bridgehead atoms. The fourth-order valence-corrected chi connectivity index (χ4v) is 5.66. The van der Waals surface area contributed by atoms with Gasteiger partial charge in [-0.2, -0.15) is 0 Å². The molecule has 0 aromatic rings. The standard InChI is InChI=1S/C27H47N3O13/c1-16(33)30-26-8-9-27(26,39)23(38)18(15-32)43-25(26)41-13-5-3-7-20(35)29-11-10-28-19(34)6-2-4-12-40-24-22(37)21(36)17(14-31)42-24/h17-18,21-25,31-32,36-39H,2-15H2,1H3,(H,28,34)(H,29,35)(H,30,33)/t17?,18?,21?,22?,23-,24-,25+,26?,27+/m0/s1. The Balaban J connectivity index is 1.22. The van der Waals surface area contributed by atoms with Crippen LogP contribution in [-0.4, -0.2) is 142 Å². The molecule has 1 aliphatic carbocycles. The van der Waals surface area contributed by atoms with E-state index in [-0.39, 0.29) is 57.4 Å². The van der Waals surface area contributed by atoms with Gasteiger partial charge in [0.25, 0.3) is 0 Å². The summed E-state index contributed by atoms with van der Waals surface area (Å²) in [5, 5.41) is 67.8. The maximum atomic E-state index is 12.1. The molecule has 43 heavy (non-hydrogen) atoms. The first-order valence-corrected chi connectivity index (χ1v) is 14.8. The summed E-state index contributed by atoms with van der Waals surface area (Å²) in [7, 11) is 0. The Hall–Kier alpha value is -1.99. The van der Waals surface area contributed by atoms with Crippen molar-refractivity contribution in [3.8, 4) is 0 Å². The Morgan fingerprint density at radius 2 is 1.40 bits per heavy atom. The smallest absolute Gasteiger partial charge is 0.220 e. The number of fused-ring (bicyclic) bond motifs is 1. The molecule has 3 rings (SSSR count). The van der Waals surface area contributed by atoms with Crippen molar-refractivity contribution < 1.29 is 64.0 Å². The van der Waals surface area contributed by atoms with Gasteiger partial charge in [0.2, 0.25) is 17.7 Å². The SMILES string of the molecule is CC(=O)NC12CC[C@@]1(O)[C@@H](O)C(CO)O[C@H]2OCCCCC(=O)NCCNC(=O)CCCCO[C@H]1OC(CO)C(O)C1O. The highest BCUT2D eigenvalue weighted by Gasteiger charge is 2.71. The number of carbonyl (C=O) groups is 3. The van der Waals surface area contributed by atoms with Crippen molar-refractivity contribution in [2.75, 3.05) is 39.5 Å². The molecular formula is C27H47N3O13. The van der Waals surface area contributed by atoms with Gasteiger partial charge in [-0.15, -0.1) is 0 Å². The van der Waals surface area contributed by atoms with Crippen molar-refractivity contribution in [2.45, 2.75) is 113 Å². The molecule has 1 saturated carbocycles. The lowest BCUT2D eigenvalue weighted by Gasteiger charge is -2.64. The van der Waals surface area contributed by atoms with Crippen LogP contribution < -0.4 is 16.0 Å². The summed E-state index contributed by atoms with van der Waals surface area (Å²) < 4.78 is 22.1. The lowest BCUT2D eigenvalue weighted by atomic mass is 9.57. The molecule has 2 saturated heterocycles. The quantitative estimate of drug-likeness (QED) is 0.0676. The molecule has 0 aromatic carbocycles. The van der Waals surface area contributed by atoms with Crippen LogP contribution in [0, 0.1) is 0 Å². The van der Waals surface area contributed by atoms with Crippen LogP contribution in [0.3, 0.4) is 0 Å². The van der Waals surface area contributed by atoms with Gasteiger partial charge in [-0.25, -0.2) is 0 Å². The van der Waals surface area contributed by atoms with Gasteiger partial charge in [0.15, 0.2) is 12.6 Å². The van der Waals surface area contributed by atoms with Crippen molar-refractivity contribution in [3.63, 3.8) is 0 Å². The number of ether oxygens (including phenoxy) is 4. The minimum atomic E-state index is -1.69. The molecule has 248 valence electrons. The van der Waals surface area contributed by atoms with Crippen LogP contribution >= 0.6 is 0 Å². The summed E-state index contributed by atoms with van der Waals surface area (Å²) in [4.78, 5) is 35.9. The van der Waals surface area contributed by atoms with E-state index in [1.807, 2.05) is 0 Å². The monoisotopic (exact) mass is 621 g/mol. The van der Waals surface area contributed by atoms with E-state index in [9.17, 15) is 39.9 Å². The maximum absolute atomic E-state index is 12.1. The van der Waals surface area contributed by atoms with E-state index in [2.05, 4.69) is 16.0 Å². The van der Waals surface area contributed by atoms with Crippen LogP contribution in [0.4, 0.5) is 0 Å². The van der Waals surface area contributed by atoms with Crippen molar-refractivity contribution in [1.82, 2.24) is 16.0 Å². The number of nitrogens with one attached hydrogen (secondary N) is 3. The number of aliphatic hydroxyl groups excluding tert-OH is 5. The van der Waals surface area contributed by atoms with Crippen molar-refractivity contribution in [3.05, 3.63) is 0 Å². The van der Waals surface area contributed by atoms with Gasteiger partial charge in [-0.3, -0.25) is 14.4 Å². The molecule has 3 amide bonds. The van der Waals surface area contributed by atoms with E-state index in [1.54, 1.807) is 0 Å². The normalized spacial score (nSPS) is 35.1. The summed E-state index contributed by atoms with van der Waals surface area (Å²) >= 11 is 0. The molecule has 16 nitrogen and oxygen atoms in total. The highest BCUT2D eigenvalue weighted by atomic mass is 16.7. The molecule has 0 radical (unpaired) electrons. The number of aliphatic hydroxyl groups is 6. The van der Waals surface area contributed by atoms with Gasteiger partial charge >= 0.3 is 0 Å². The minimum absolute atomic E-state index is 0.157. The zero-order valence-corrected chi connectivity index (χ0v) is 24.5. The Morgan fingerprint density at radius 3 is 1.88 bits per heavy atom. The number of rotatable bonds is 18. The van der Waals surface area contributed by atoms with E-state index in [0.29, 0.717) is 32.1 Å². The molecule has 2 aliphatic heterocycles. The lowest BCUT2D eigenvalue weighted by molar-refractivity contribution is -0.360. The highest BCUT2D eigenvalue weighted by molar-refractivity contribution is 5.77. The predicted octanol–water partition coefficient (Wildman–Crippen LogP) is -3.49. The summed E-state index contributed by atoms with van der Waals surface area (Å²) in [6.07, 6.45) is -4.91. The van der Waals surface area contributed by atoms with Crippen LogP contribution in [0.5, 0.6) is 0 Å². The van der Waals surface area contributed by atoms with Gasteiger partial charge in [0, 0.05) is 46.1 Å². The lowest BCUT2D eigenvalue weighted by Crippen LogP contribution is -2.85. The molecule has 9 N–H and O–H groups in total. The van der Waals surface area contributed by atoms with Crippen LogP contribution in [0.25, 0.3) is 0 Å². The van der Waals surface area contributed by atoms with Gasteiger partial charge in [0.05, 0.1) is 13.2 Å². The summed E-state index contributed by atoms with van der Waals surface area (Å²) in [6.45, 7) is 1.21. The van der Waals surface area contributed by atoms with Gasteiger partial charge < -0.3 is 65.5 Å². The van der Waals surface area contributed by atoms with Crippen LogP contribution in [0.15, 0.2) is 0 Å². The first kappa shape index (κ1) is 35.5. The predicted molar refractivity (Wildman–Crippen MR) is 146 cm³/mol. The minimum Gasteiger partial charge on any atom is -0.394 e. The van der Waals surface area contributed by atoms with E-state index in [0.717, 1.165) is 0 Å². The first-order valence-electron chi connectivity index (χ1n) is 14.8. The Morgan fingerprint density at radius 1 is 0.814 bits per heavy atom. The number of hydrogen-bond donors (Lipinski definition) is 9. The summed E-state index contributed by atoms with van der Waals surface area (Å²) in [5.74, 6) is -0.799. The van der Waals surface area contributed by atoms with E-state index in [1.165, 1.54) is 6.92 Å². The molecular weight excluding hydrogens is 574 g/mol. The van der Waals surface area contributed by atoms with Crippen LogP contribution in [0.2, 0.25) is 0 Å². The summed E-state index contributed by atoms with van der Waals surface area (Å²) in [5.41, 5.74) is -3.02. The Labute approximate surface area is 250 Å². The average Bonchev–Trinajstić information content (AvgIpc) is 3.25. The third-order valence-corrected chi connectivity index (χ3v) is 8.21. The zero-order valence-electron chi connectivity index (χ0n) is 24.5. The zero-order chi connectivity index (χ0) is 31.6. The van der Waals surface area contributed by atoms with Gasteiger partial charge in [0.1, 0.15) is 41.7 Å². The molecule has 3 aliphatic rings. The average molecular weight is 622 g/mol. The van der Waals surface area contributed by atoms with E-state index >= 15 is 0 Å². The summed E-state index contributed by atoms with van der Waals surface area (Å²) in [6, 6.07) is 0. The van der Waals surface area contributed by atoms with Crippen LogP contribution in [0.1, 0.15) is 58.3 Å². The maximum Gasteiger partial charge on any atom is 0.220 e. The molecule has 2 heterocycles. The van der Waals surface area contributed by atoms with E-state index < -0.39 is 73.4 Å². The third-order valence-electron chi connectivity index (χ3n) is 8.21. The Kier molecular flexibility index (Phi) is 13.5. The largest absolute Gasteiger partial charge is 0.394 e. The number of hydrogen-bond acceptors (Lipinski definition) is 13. The second kappa shape index (κ2) is 16.4. The molecule has 9 atom stereocenters. The number of amides is 3. The second-order valence-electron chi connectivity index (χ2n) is 11.3. The molecule has 0 aromatic heterocycles. The fraction of sp³-hybridized carbons (Fsp3) is 0.889.